The van der Waals surface area contributed by atoms with Gasteiger partial charge in [-0.25, -0.2) is 75.5 Å². The molecule has 17 rings (SSSR count). The van der Waals surface area contributed by atoms with E-state index in [0.29, 0.717) is 105 Å². The summed E-state index contributed by atoms with van der Waals surface area (Å²) < 4.78 is 67.7. The van der Waals surface area contributed by atoms with E-state index < -0.39 is 16.8 Å². The highest BCUT2D eigenvalue weighted by molar-refractivity contribution is 9.11. The fraction of sp³-hybridized carbons (Fsp3) is 0.400. The van der Waals surface area contributed by atoms with Gasteiger partial charge in [0, 0.05) is 65.1 Å². The summed E-state index contributed by atoms with van der Waals surface area (Å²) >= 11 is 10.3. The number of nitrogen functional groups attached to an aromatic ring is 1. The zero-order chi connectivity index (χ0) is 74.3. The highest BCUT2D eigenvalue weighted by Crippen LogP contribution is 2.55. The van der Waals surface area contributed by atoms with Gasteiger partial charge in [-0.05, 0) is 229 Å². The first-order valence-electron chi connectivity index (χ1n) is 34.3. The maximum Gasteiger partial charge on any atom is 0.198 e. The lowest BCUT2D eigenvalue weighted by Crippen LogP contribution is -2.22. The van der Waals surface area contributed by atoms with Gasteiger partial charge in [0.2, 0.25) is 0 Å². The van der Waals surface area contributed by atoms with Crippen LogP contribution in [0.2, 0.25) is 0 Å². The number of aryl methyl sites for hydroxylation is 4. The number of nitrogens with zero attached hydrogens (tertiary/aromatic N) is 16. The van der Waals surface area contributed by atoms with Gasteiger partial charge >= 0.3 is 0 Å². The summed E-state index contributed by atoms with van der Waals surface area (Å²) in [6, 6.07) is 25.2. The van der Waals surface area contributed by atoms with Crippen LogP contribution >= 0.6 is 47.8 Å². The second-order valence-electron chi connectivity index (χ2n) is 29.0. The molecule has 0 radical (unpaired) electrons. The van der Waals surface area contributed by atoms with Crippen LogP contribution in [0.3, 0.4) is 0 Å². The van der Waals surface area contributed by atoms with Crippen LogP contribution in [-0.4, -0.2) is 129 Å². The Hall–Kier alpha value is -8.45. The van der Waals surface area contributed by atoms with E-state index in [4.69, 9.17) is 10.5 Å². The lowest BCUT2D eigenvalue weighted by atomic mass is 10.0. The molecule has 22 nitrogen and oxygen atoms in total. The Labute approximate surface area is 621 Å². The van der Waals surface area contributed by atoms with Gasteiger partial charge in [0.05, 0.1) is 62.4 Å². The third kappa shape index (κ3) is 15.6. The minimum atomic E-state index is -0.756. The van der Waals surface area contributed by atoms with E-state index in [2.05, 4.69) is 108 Å². The molecule has 4 aliphatic carbocycles. The molecule has 5 aliphatic rings. The molecule has 29 heteroatoms. The van der Waals surface area contributed by atoms with Crippen LogP contribution in [0.1, 0.15) is 157 Å². The Morgan fingerprint density at radius 3 is 0.971 bits per heavy atom. The molecule has 1 aliphatic heterocycles. The molecular weight excluding hydrogens is 1530 g/mol. The number of ketones is 1. The van der Waals surface area contributed by atoms with Gasteiger partial charge in [-0.1, -0.05) is 48.5 Å². The number of nitrogens with two attached hydrogens (primary N) is 1. The molecule has 4 saturated carbocycles. The van der Waals surface area contributed by atoms with Crippen LogP contribution in [0.25, 0.3) is 67.6 Å². The molecule has 4 aromatic carbocycles. The topological polar surface area (TPSA) is 285 Å². The first kappa shape index (κ1) is 73.8. The van der Waals surface area contributed by atoms with Gasteiger partial charge in [-0.15, -0.1) is 0 Å². The number of carbonyl (C=O) groups excluding carboxylic acids is 1. The third-order valence-corrected chi connectivity index (χ3v) is 21.3. The number of fused-ring (bicyclic) bond motifs is 4. The minimum Gasteiger partial charge on any atom is -0.390 e. The lowest BCUT2D eigenvalue weighted by Gasteiger charge is -2.15. The number of carbonyl (C=O) groups is 1. The van der Waals surface area contributed by atoms with Crippen LogP contribution in [0.4, 0.5) is 23.4 Å². The molecule has 0 bridgehead atoms. The molecule has 0 amide bonds. The van der Waals surface area contributed by atoms with E-state index >= 15 is 0 Å². The standard InChI is InChI=1S/2C18H18BrFN4O.C18H20FN5O.C17H14BrFN4O.C4H8O/c2*1-9-14(10-5-4-6-11(20)7-10)21-15(19)17-22-16(23-24(9)17)12-8-13(12)18(2,3)25;1-9-14(10-5-4-6-11(19)7-10)21-15(20)17-22-16(23-24(9)17)12-8-13(12)18(2,3)25;1-8-14(10-4-3-5-11(19)6-10)20-15(18)17-21-16(22-23(8)17)13-7-12(13)9(2)24;1-2-4-5-3-1/h2*4-7,12-13,25H,8H2,1-3H3;4-7,12-13,25H,8H2,1-3H3,(H2,20,21);3-6,12-13H,7H2,1-2H3;1-4H2/t3*12-,13-;12-,13+;/m0001./s1. The van der Waals surface area contributed by atoms with E-state index in [9.17, 15) is 37.7 Å². The Bertz CT molecular complexity index is 4910. The highest BCUT2D eigenvalue weighted by Gasteiger charge is 2.52. The van der Waals surface area contributed by atoms with Crippen LogP contribution < -0.4 is 5.73 Å². The summed E-state index contributed by atoms with van der Waals surface area (Å²) in [5.41, 5.74) is 14.6. The first-order chi connectivity index (χ1) is 49.2. The molecule has 0 spiro atoms. The van der Waals surface area contributed by atoms with Crippen molar-refractivity contribution in [1.29, 1.82) is 0 Å². The van der Waals surface area contributed by atoms with Gasteiger partial charge in [0.15, 0.2) is 65.5 Å². The Morgan fingerprint density at radius 2 is 0.721 bits per heavy atom. The molecule has 5 N–H and O–H groups in total. The maximum absolute atomic E-state index is 13.6. The average molecular weight is 1610 g/mol. The summed E-state index contributed by atoms with van der Waals surface area (Å²) in [4.78, 5) is 47.8. The predicted molar refractivity (Wildman–Crippen MR) is 394 cm³/mol. The van der Waals surface area contributed by atoms with Crippen molar-refractivity contribution < 1.29 is 42.4 Å². The molecule has 542 valence electrons. The molecular formula is C75H78Br3F4N17O5. The van der Waals surface area contributed by atoms with Crippen molar-refractivity contribution in [2.24, 2.45) is 23.7 Å². The summed E-state index contributed by atoms with van der Waals surface area (Å²) in [6.07, 6.45) is 5.96. The number of aromatic nitrogens is 16. The molecule has 1 saturated heterocycles. The fourth-order valence-electron chi connectivity index (χ4n) is 13.6. The van der Waals surface area contributed by atoms with Crippen molar-refractivity contribution in [2.45, 2.75) is 155 Å². The number of benzene rings is 4. The van der Waals surface area contributed by atoms with Crippen molar-refractivity contribution in [3.05, 3.63) is 180 Å². The van der Waals surface area contributed by atoms with Gasteiger partial charge in [0.1, 0.15) is 29.1 Å². The Morgan fingerprint density at radius 1 is 0.442 bits per heavy atom. The smallest absolute Gasteiger partial charge is 0.198 e. The SMILES string of the molecule is C1CCOC1.CC(=O)[C@H]1C[C@@H]1c1nc2c(Br)nc(-c3cccc(F)c3)c(C)n2n1.Cc1c(-c2cccc(F)c2)nc(Br)c2nc([C@H]3C[C@@H]3C(C)(C)O)nn12.Cc1c(-c2cccc(F)c2)nc(Br)c2nc([C@H]3C[C@@H]3C(C)(C)O)nn12.Cc1c(-c2cccc(F)c2)nc(N)c2nc([C@H]3C[C@@H]3C(C)(C)O)nn12. The lowest BCUT2D eigenvalue weighted by molar-refractivity contribution is -0.118. The van der Waals surface area contributed by atoms with E-state index in [0.717, 1.165) is 61.7 Å². The number of hydrogen-bond acceptors (Lipinski definition) is 18. The van der Waals surface area contributed by atoms with Gasteiger partial charge in [-0.2, -0.15) is 20.4 Å². The van der Waals surface area contributed by atoms with Crippen molar-refractivity contribution in [1.82, 2.24) is 78.3 Å². The van der Waals surface area contributed by atoms with E-state index in [1.165, 1.54) is 61.4 Å². The molecule has 5 fully saturated rings. The number of aliphatic hydroxyl groups is 3. The predicted octanol–water partition coefficient (Wildman–Crippen LogP) is 14.9. The zero-order valence-corrected chi connectivity index (χ0v) is 63.8. The second-order valence-corrected chi connectivity index (χ2v) is 31.2. The number of rotatable bonds is 12. The largest absolute Gasteiger partial charge is 0.390 e. The summed E-state index contributed by atoms with van der Waals surface area (Å²) in [5.74, 6) is 2.96. The fourth-order valence-corrected chi connectivity index (χ4v) is 14.9. The minimum absolute atomic E-state index is 0.0251. The number of ether oxygens (including phenoxy) is 1. The van der Waals surface area contributed by atoms with Crippen LogP contribution in [-0.2, 0) is 9.53 Å². The normalized spacial score (nSPS) is 20.3. The molecule has 0 unspecified atom stereocenters. The molecule has 104 heavy (non-hydrogen) atoms. The number of anilines is 1. The maximum atomic E-state index is 13.6. The summed E-state index contributed by atoms with van der Waals surface area (Å²) in [5, 5.41) is 48.9. The van der Waals surface area contributed by atoms with Crippen LogP contribution in [0.5, 0.6) is 0 Å². The number of halogens is 7. The molecule has 8 atom stereocenters. The van der Waals surface area contributed by atoms with E-state index in [1.54, 1.807) is 75.2 Å². The van der Waals surface area contributed by atoms with Gasteiger partial charge in [0.25, 0.3) is 0 Å². The van der Waals surface area contributed by atoms with E-state index in [1.807, 2.05) is 67.5 Å². The third-order valence-electron chi connectivity index (χ3n) is 19.7. The van der Waals surface area contributed by atoms with Gasteiger partial charge in [-0.3, -0.25) is 4.79 Å². The molecule has 12 aromatic rings. The quantitative estimate of drug-likeness (QED) is 0.0827. The number of hydrogen-bond donors (Lipinski definition) is 4. The Kier molecular flexibility index (Phi) is 20.4. The molecule has 9 heterocycles. The van der Waals surface area contributed by atoms with E-state index in [-0.39, 0.29) is 82.2 Å². The summed E-state index contributed by atoms with van der Waals surface area (Å²) in [7, 11) is 0. The van der Waals surface area contributed by atoms with Crippen LogP contribution in [0.15, 0.2) is 111 Å². The second kappa shape index (κ2) is 28.8. The van der Waals surface area contributed by atoms with Crippen molar-refractivity contribution in [3.63, 3.8) is 0 Å². The highest BCUT2D eigenvalue weighted by atomic mass is 79.9. The average Bonchev–Trinajstić information content (AvgIpc) is 1.67. The summed E-state index contributed by atoms with van der Waals surface area (Å²) in [6.45, 7) is 22.0. The number of Topliss-reactive ketones (excluding diaryl/α,β-unsaturated/α-hetero) is 1. The Balaban J connectivity index is 0.000000120. The monoisotopic (exact) mass is 1610 g/mol. The first-order valence-corrected chi connectivity index (χ1v) is 36.7. The van der Waals surface area contributed by atoms with Gasteiger partial charge < -0.3 is 25.8 Å². The zero-order valence-electron chi connectivity index (χ0n) is 59.0. The van der Waals surface area contributed by atoms with Crippen molar-refractivity contribution in [2.75, 3.05) is 18.9 Å². The van der Waals surface area contributed by atoms with Crippen molar-refractivity contribution in [3.8, 4) is 45.0 Å². The van der Waals surface area contributed by atoms with Crippen molar-refractivity contribution >= 4 is 82.0 Å². The molecule has 8 aromatic heterocycles. The van der Waals surface area contributed by atoms with Crippen LogP contribution in [0, 0.1) is 74.6 Å².